The first-order valence-corrected chi connectivity index (χ1v) is 11.4. The summed E-state index contributed by atoms with van der Waals surface area (Å²) in [5.41, 5.74) is 2.86. The molecule has 1 aromatic rings. The molecule has 3 heteroatoms. The van der Waals surface area contributed by atoms with Crippen LogP contribution in [0.15, 0.2) is 54.1 Å². The van der Waals surface area contributed by atoms with Gasteiger partial charge in [0.15, 0.2) is 0 Å². The molecular formula is C23H36N2S. The highest BCUT2D eigenvalue weighted by Crippen LogP contribution is 2.20. The van der Waals surface area contributed by atoms with Gasteiger partial charge in [0.05, 0.1) is 0 Å². The molecule has 4 rings (SSSR count). The predicted molar refractivity (Wildman–Crippen MR) is 118 cm³/mol. The van der Waals surface area contributed by atoms with Gasteiger partial charge in [0.1, 0.15) is 0 Å². The minimum atomic E-state index is 0.759. The number of benzene rings is 1. The van der Waals surface area contributed by atoms with E-state index in [0.29, 0.717) is 0 Å². The summed E-state index contributed by atoms with van der Waals surface area (Å²) in [6.07, 6.45) is 10.3. The minimum Gasteiger partial charge on any atom is -0.314 e. The smallest absolute Gasteiger partial charge is 0.0314 e. The van der Waals surface area contributed by atoms with Crippen LogP contribution in [0.2, 0.25) is 0 Å². The first-order valence-electron chi connectivity index (χ1n) is 10.3. The van der Waals surface area contributed by atoms with Crippen molar-refractivity contribution in [1.29, 1.82) is 0 Å². The number of nitrogens with one attached hydrogen (secondary N) is 1. The average Bonchev–Trinajstić information content (AvgIpc) is 2.72. The van der Waals surface area contributed by atoms with E-state index < -0.39 is 0 Å². The third-order valence-electron chi connectivity index (χ3n) is 4.98. The first kappa shape index (κ1) is 21.3. The van der Waals surface area contributed by atoms with Gasteiger partial charge < -0.3 is 5.32 Å². The molecule has 0 spiro atoms. The highest BCUT2D eigenvalue weighted by atomic mass is 32.2. The molecule has 26 heavy (non-hydrogen) atoms. The van der Waals surface area contributed by atoms with Crippen LogP contribution < -0.4 is 5.32 Å². The summed E-state index contributed by atoms with van der Waals surface area (Å²) in [7, 11) is 0. The van der Waals surface area contributed by atoms with Gasteiger partial charge in [-0.15, -0.1) is 0 Å². The van der Waals surface area contributed by atoms with E-state index in [-0.39, 0.29) is 0 Å². The molecule has 1 N–H and O–H groups in total. The molecule has 2 nitrogen and oxygen atoms in total. The molecule has 0 radical (unpaired) electrons. The normalized spacial score (nSPS) is 25.0. The Morgan fingerprint density at radius 1 is 1.12 bits per heavy atom. The fourth-order valence-electron chi connectivity index (χ4n) is 3.63. The number of nitrogens with zero attached hydrogens (tertiary/aromatic N) is 1. The highest BCUT2D eigenvalue weighted by Gasteiger charge is 2.29. The van der Waals surface area contributed by atoms with Crippen LogP contribution >= 0.6 is 11.8 Å². The Bertz CT molecular complexity index is 551. The topological polar surface area (TPSA) is 15.3 Å². The van der Waals surface area contributed by atoms with Crippen LogP contribution in [0.1, 0.15) is 39.2 Å². The molecule has 0 aromatic heterocycles. The Kier molecular flexibility index (Phi) is 10.1. The summed E-state index contributed by atoms with van der Waals surface area (Å²) in [5, 5.41) is 3.48. The quantitative estimate of drug-likeness (QED) is 0.792. The van der Waals surface area contributed by atoms with Crippen molar-refractivity contribution in [2.45, 2.75) is 52.1 Å². The first-order chi connectivity index (χ1) is 12.8. The highest BCUT2D eigenvalue weighted by molar-refractivity contribution is 7.99. The van der Waals surface area contributed by atoms with E-state index in [1.54, 1.807) is 0 Å². The number of piperazine rings is 1. The number of fused-ring (bicyclic) bond motifs is 1. The van der Waals surface area contributed by atoms with Crippen molar-refractivity contribution < 1.29 is 0 Å². The van der Waals surface area contributed by atoms with E-state index in [0.717, 1.165) is 18.5 Å². The molecule has 2 aliphatic heterocycles. The Hall–Kier alpha value is -1.03. The molecule has 0 bridgehead atoms. The summed E-state index contributed by atoms with van der Waals surface area (Å²) < 4.78 is 0. The summed E-state index contributed by atoms with van der Waals surface area (Å²) in [5.74, 6) is 2.66. The van der Waals surface area contributed by atoms with Gasteiger partial charge in [0.2, 0.25) is 0 Å². The molecule has 0 saturated carbocycles. The van der Waals surface area contributed by atoms with Crippen molar-refractivity contribution in [3.63, 3.8) is 0 Å². The van der Waals surface area contributed by atoms with Crippen LogP contribution in [-0.2, 0) is 6.42 Å². The third kappa shape index (κ3) is 6.94. The molecule has 2 heterocycles. The lowest BCUT2D eigenvalue weighted by molar-refractivity contribution is 0.124. The molecule has 2 unspecified atom stereocenters. The Labute approximate surface area is 165 Å². The van der Waals surface area contributed by atoms with Crippen LogP contribution in [0.25, 0.3) is 0 Å². The minimum absolute atomic E-state index is 0.759. The van der Waals surface area contributed by atoms with Crippen molar-refractivity contribution >= 4 is 11.8 Å². The van der Waals surface area contributed by atoms with Gasteiger partial charge in [-0.05, 0) is 37.3 Å². The van der Waals surface area contributed by atoms with Gasteiger partial charge in [0.25, 0.3) is 0 Å². The molecule has 0 amide bonds. The number of hydrogen-bond acceptors (Lipinski definition) is 3. The van der Waals surface area contributed by atoms with Crippen LogP contribution in [0.5, 0.6) is 0 Å². The zero-order valence-electron chi connectivity index (χ0n) is 16.8. The van der Waals surface area contributed by atoms with E-state index in [2.05, 4.69) is 77.5 Å². The lowest BCUT2D eigenvalue weighted by Crippen LogP contribution is -2.59. The number of rotatable bonds is 2. The van der Waals surface area contributed by atoms with Gasteiger partial charge in [-0.3, -0.25) is 4.90 Å². The fraction of sp³-hybridized carbons (Fsp3) is 0.565. The van der Waals surface area contributed by atoms with E-state index in [1.807, 2.05) is 13.8 Å². The van der Waals surface area contributed by atoms with E-state index in [1.165, 1.54) is 55.1 Å². The number of thioether (sulfide) groups is 1. The third-order valence-corrected chi connectivity index (χ3v) is 6.07. The van der Waals surface area contributed by atoms with E-state index >= 15 is 0 Å². The van der Waals surface area contributed by atoms with E-state index in [9.17, 15) is 0 Å². The van der Waals surface area contributed by atoms with Crippen molar-refractivity contribution in [2.24, 2.45) is 0 Å². The summed E-state index contributed by atoms with van der Waals surface area (Å²) in [4.78, 5) is 2.66. The maximum Gasteiger partial charge on any atom is 0.0314 e. The Morgan fingerprint density at radius 3 is 2.62 bits per heavy atom. The second kappa shape index (κ2) is 12.4. The van der Waals surface area contributed by atoms with Gasteiger partial charge in [-0.2, -0.15) is 11.8 Å². The SMILES string of the molecule is C1=CC(Cc2ccccc2)=CCC1.CC.CC1CNCC2CSCCN12. The van der Waals surface area contributed by atoms with Crippen LogP contribution in [0, 0.1) is 0 Å². The van der Waals surface area contributed by atoms with Crippen molar-refractivity contribution in [2.75, 3.05) is 31.1 Å². The largest absolute Gasteiger partial charge is 0.314 e. The zero-order chi connectivity index (χ0) is 18.6. The molecule has 144 valence electrons. The number of allylic oxidation sites excluding steroid dienone is 4. The Balaban J connectivity index is 0.000000173. The molecule has 2 fully saturated rings. The molecular weight excluding hydrogens is 336 g/mol. The molecule has 1 aromatic carbocycles. The summed E-state index contributed by atoms with van der Waals surface area (Å²) in [6, 6.07) is 12.2. The van der Waals surface area contributed by atoms with E-state index in [4.69, 9.17) is 0 Å². The zero-order valence-corrected chi connectivity index (χ0v) is 17.6. The Morgan fingerprint density at radius 2 is 1.92 bits per heavy atom. The molecule has 1 aliphatic carbocycles. The lowest BCUT2D eigenvalue weighted by Gasteiger charge is -2.43. The standard InChI is InChI=1S/C13H14.C8H16N2S.C2H6/c1-3-7-12(8-4-1)11-13-9-5-2-6-10-13;1-7-4-9-5-8-6-11-3-2-10(7)8;1-2/h1,3-5,7-10H,2,6,11H2;7-9H,2-6H2,1H3;1-2H3. The van der Waals surface area contributed by atoms with Gasteiger partial charge in [-0.1, -0.05) is 62.4 Å². The van der Waals surface area contributed by atoms with Crippen LogP contribution in [-0.4, -0.2) is 48.1 Å². The van der Waals surface area contributed by atoms with Gasteiger partial charge in [0, 0.05) is 43.2 Å². The van der Waals surface area contributed by atoms with Crippen molar-refractivity contribution in [3.8, 4) is 0 Å². The van der Waals surface area contributed by atoms with Crippen LogP contribution in [0.3, 0.4) is 0 Å². The molecule has 3 aliphatic rings. The van der Waals surface area contributed by atoms with Crippen LogP contribution in [0.4, 0.5) is 0 Å². The summed E-state index contributed by atoms with van der Waals surface area (Å²) in [6.45, 7) is 10.0. The average molecular weight is 373 g/mol. The monoisotopic (exact) mass is 372 g/mol. The maximum atomic E-state index is 3.48. The summed E-state index contributed by atoms with van der Waals surface area (Å²) >= 11 is 2.10. The van der Waals surface area contributed by atoms with Gasteiger partial charge >= 0.3 is 0 Å². The van der Waals surface area contributed by atoms with Gasteiger partial charge in [-0.25, -0.2) is 0 Å². The number of hydrogen-bond donors (Lipinski definition) is 1. The maximum absolute atomic E-state index is 3.48. The van der Waals surface area contributed by atoms with Crippen molar-refractivity contribution in [1.82, 2.24) is 10.2 Å². The van der Waals surface area contributed by atoms with Crippen molar-refractivity contribution in [3.05, 3.63) is 59.7 Å². The second-order valence-electron chi connectivity index (χ2n) is 6.89. The second-order valence-corrected chi connectivity index (χ2v) is 8.04. The lowest BCUT2D eigenvalue weighted by atomic mass is 10.00. The molecule has 2 atom stereocenters. The predicted octanol–water partition coefficient (Wildman–Crippen LogP) is 4.93. The molecule has 2 saturated heterocycles. The fourth-order valence-corrected chi connectivity index (χ4v) is 4.72.